The van der Waals surface area contributed by atoms with E-state index in [0.29, 0.717) is 10.8 Å². The van der Waals surface area contributed by atoms with Gasteiger partial charge in [-0.05, 0) is 18.6 Å². The predicted octanol–water partition coefficient (Wildman–Crippen LogP) is 4.82. The van der Waals surface area contributed by atoms with Crippen molar-refractivity contribution in [2.24, 2.45) is 5.92 Å². The van der Waals surface area contributed by atoms with E-state index < -0.39 is 6.04 Å². The molecule has 4 nitrogen and oxygen atoms in total. The van der Waals surface area contributed by atoms with Gasteiger partial charge in [-0.2, -0.15) is 0 Å². The van der Waals surface area contributed by atoms with Gasteiger partial charge in [-0.1, -0.05) is 74.0 Å². The van der Waals surface area contributed by atoms with Gasteiger partial charge < -0.3 is 10.2 Å². The number of benzene rings is 2. The molecule has 1 fully saturated rings. The highest BCUT2D eigenvalue weighted by Gasteiger charge is 2.43. The molecular weight excluding hydrogens is 392 g/mol. The van der Waals surface area contributed by atoms with Crippen LogP contribution in [0.25, 0.3) is 0 Å². The zero-order valence-electron chi connectivity index (χ0n) is 16.3. The third-order valence-corrected chi connectivity index (χ3v) is 6.53. The molecule has 0 radical (unpaired) electrons. The second kappa shape index (κ2) is 9.01. The number of halogens is 1. The van der Waals surface area contributed by atoms with Gasteiger partial charge in [0.15, 0.2) is 0 Å². The number of carbonyl (C=O) groups excluding carboxylic acids is 2. The quantitative estimate of drug-likeness (QED) is 0.760. The van der Waals surface area contributed by atoms with Crippen molar-refractivity contribution < 1.29 is 9.59 Å². The van der Waals surface area contributed by atoms with Crippen LogP contribution in [0.5, 0.6) is 0 Å². The minimum atomic E-state index is -0.521. The molecule has 0 aromatic heterocycles. The van der Waals surface area contributed by atoms with E-state index in [1.54, 1.807) is 16.7 Å². The van der Waals surface area contributed by atoms with Crippen LogP contribution in [0.2, 0.25) is 5.02 Å². The average molecular weight is 417 g/mol. The van der Waals surface area contributed by atoms with Crippen molar-refractivity contribution in [1.82, 2.24) is 10.2 Å². The largest absolute Gasteiger partial charge is 0.348 e. The van der Waals surface area contributed by atoms with Crippen molar-refractivity contribution in [3.05, 3.63) is 70.7 Å². The summed E-state index contributed by atoms with van der Waals surface area (Å²) in [6.45, 7) is 5.67. The number of thioether (sulfide) groups is 1. The summed E-state index contributed by atoms with van der Waals surface area (Å²) < 4.78 is 0. The van der Waals surface area contributed by atoms with Gasteiger partial charge in [0.1, 0.15) is 11.4 Å². The molecule has 1 heterocycles. The van der Waals surface area contributed by atoms with Crippen LogP contribution >= 0.6 is 23.4 Å². The summed E-state index contributed by atoms with van der Waals surface area (Å²) in [7, 11) is 0. The highest BCUT2D eigenvalue weighted by Crippen LogP contribution is 2.44. The zero-order chi connectivity index (χ0) is 20.3. The SMILES string of the molecule is CC(C)C(=O)N1C(C(=O)NC(C)c2ccccc2)CSC1c1ccccc1Cl. The molecular formula is C22H25ClN2O2S. The molecule has 0 bridgehead atoms. The first-order chi connectivity index (χ1) is 13.4. The highest BCUT2D eigenvalue weighted by molar-refractivity contribution is 7.99. The van der Waals surface area contributed by atoms with Crippen molar-refractivity contribution in [1.29, 1.82) is 0 Å². The number of carbonyl (C=O) groups is 2. The van der Waals surface area contributed by atoms with Gasteiger partial charge in [0.05, 0.1) is 6.04 Å². The van der Waals surface area contributed by atoms with Crippen LogP contribution in [0.4, 0.5) is 0 Å². The Morgan fingerprint density at radius 3 is 2.36 bits per heavy atom. The summed E-state index contributed by atoms with van der Waals surface area (Å²) >= 11 is 7.98. The topological polar surface area (TPSA) is 49.4 Å². The number of nitrogens with one attached hydrogen (secondary N) is 1. The number of rotatable bonds is 5. The van der Waals surface area contributed by atoms with Crippen LogP contribution in [0, 0.1) is 5.92 Å². The third kappa shape index (κ3) is 4.36. The molecule has 148 valence electrons. The van der Waals surface area contributed by atoms with E-state index in [2.05, 4.69) is 5.32 Å². The lowest BCUT2D eigenvalue weighted by molar-refractivity contribution is -0.142. The lowest BCUT2D eigenvalue weighted by atomic mass is 10.1. The predicted molar refractivity (Wildman–Crippen MR) is 115 cm³/mol. The zero-order valence-corrected chi connectivity index (χ0v) is 17.8. The number of nitrogens with zero attached hydrogens (tertiary/aromatic N) is 1. The molecule has 2 aromatic carbocycles. The first kappa shape index (κ1) is 20.7. The standard InChI is InChI=1S/C22H25ClN2O2S/c1-14(2)21(27)25-19(13-28-22(25)17-11-7-8-12-18(17)23)20(26)24-15(3)16-9-5-4-6-10-16/h4-12,14-15,19,22H,13H2,1-3H3,(H,24,26). The molecule has 3 atom stereocenters. The average Bonchev–Trinajstić information content (AvgIpc) is 3.13. The summed E-state index contributed by atoms with van der Waals surface area (Å²) in [5.41, 5.74) is 1.90. The van der Waals surface area contributed by atoms with Crippen LogP contribution in [-0.2, 0) is 9.59 Å². The normalized spacial score (nSPS) is 20.2. The van der Waals surface area contributed by atoms with E-state index in [9.17, 15) is 9.59 Å². The van der Waals surface area contributed by atoms with Crippen molar-refractivity contribution in [3.63, 3.8) is 0 Å². The first-order valence-electron chi connectivity index (χ1n) is 9.43. The second-order valence-corrected chi connectivity index (χ2v) is 8.78. The maximum atomic E-state index is 13.1. The molecule has 0 spiro atoms. The molecule has 0 saturated carbocycles. The van der Waals surface area contributed by atoms with Crippen LogP contribution in [0.3, 0.4) is 0 Å². The van der Waals surface area contributed by atoms with Crippen LogP contribution in [0.1, 0.15) is 43.3 Å². The summed E-state index contributed by atoms with van der Waals surface area (Å²) in [6, 6.07) is 16.7. The maximum absolute atomic E-state index is 13.1. The summed E-state index contributed by atoms with van der Waals surface area (Å²) in [4.78, 5) is 27.8. The van der Waals surface area contributed by atoms with E-state index >= 15 is 0 Å². The van der Waals surface area contributed by atoms with Crippen LogP contribution < -0.4 is 5.32 Å². The molecule has 3 unspecified atom stereocenters. The summed E-state index contributed by atoms with van der Waals surface area (Å²) in [5.74, 6) is 0.169. The Morgan fingerprint density at radius 2 is 1.71 bits per heavy atom. The Balaban J connectivity index is 1.84. The fourth-order valence-electron chi connectivity index (χ4n) is 3.33. The fourth-order valence-corrected chi connectivity index (χ4v) is 5.10. The van der Waals surface area contributed by atoms with Gasteiger partial charge in [0, 0.05) is 22.3 Å². The second-order valence-electron chi connectivity index (χ2n) is 7.26. The van der Waals surface area contributed by atoms with E-state index in [-0.39, 0.29) is 29.1 Å². The highest BCUT2D eigenvalue weighted by atomic mass is 35.5. The van der Waals surface area contributed by atoms with Crippen molar-refractivity contribution in [2.75, 3.05) is 5.75 Å². The Morgan fingerprint density at radius 1 is 1.07 bits per heavy atom. The minimum absolute atomic E-state index is 0.0394. The van der Waals surface area contributed by atoms with Crippen molar-refractivity contribution in [2.45, 2.75) is 38.2 Å². The smallest absolute Gasteiger partial charge is 0.244 e. The van der Waals surface area contributed by atoms with Gasteiger partial charge in [0.25, 0.3) is 0 Å². The van der Waals surface area contributed by atoms with E-state index in [1.807, 2.05) is 75.4 Å². The molecule has 2 aromatic rings. The Kier molecular flexibility index (Phi) is 6.68. The van der Waals surface area contributed by atoms with Crippen LogP contribution in [0.15, 0.2) is 54.6 Å². The van der Waals surface area contributed by atoms with Crippen LogP contribution in [-0.4, -0.2) is 28.5 Å². The molecule has 1 saturated heterocycles. The first-order valence-corrected chi connectivity index (χ1v) is 10.9. The van der Waals surface area contributed by atoms with Gasteiger partial charge in [-0.25, -0.2) is 0 Å². The Bertz CT molecular complexity index is 843. The maximum Gasteiger partial charge on any atom is 0.244 e. The van der Waals surface area contributed by atoms with Gasteiger partial charge >= 0.3 is 0 Å². The van der Waals surface area contributed by atoms with Crippen molar-refractivity contribution in [3.8, 4) is 0 Å². The summed E-state index contributed by atoms with van der Waals surface area (Å²) in [5, 5.41) is 3.42. The lowest BCUT2D eigenvalue weighted by Gasteiger charge is -2.31. The third-order valence-electron chi connectivity index (χ3n) is 4.88. The molecule has 6 heteroatoms. The molecule has 28 heavy (non-hydrogen) atoms. The minimum Gasteiger partial charge on any atom is -0.348 e. The van der Waals surface area contributed by atoms with E-state index in [0.717, 1.165) is 11.1 Å². The monoisotopic (exact) mass is 416 g/mol. The molecule has 1 aliphatic heterocycles. The van der Waals surface area contributed by atoms with Crippen molar-refractivity contribution >= 4 is 35.2 Å². The molecule has 1 N–H and O–H groups in total. The molecule has 2 amide bonds. The van der Waals surface area contributed by atoms with Gasteiger partial charge in [0.2, 0.25) is 11.8 Å². The summed E-state index contributed by atoms with van der Waals surface area (Å²) in [6.07, 6.45) is 0. The Labute approximate surface area is 175 Å². The number of hydrogen-bond donors (Lipinski definition) is 1. The number of hydrogen-bond acceptors (Lipinski definition) is 3. The lowest BCUT2D eigenvalue weighted by Crippen LogP contribution is -2.49. The Hall–Kier alpha value is -1.98. The molecule has 0 aliphatic carbocycles. The van der Waals surface area contributed by atoms with Gasteiger partial charge in [-0.3, -0.25) is 9.59 Å². The van der Waals surface area contributed by atoms with E-state index in [1.165, 1.54) is 0 Å². The van der Waals surface area contributed by atoms with E-state index in [4.69, 9.17) is 11.6 Å². The van der Waals surface area contributed by atoms with Gasteiger partial charge in [-0.15, -0.1) is 11.8 Å². The number of amides is 2. The molecule has 1 aliphatic rings. The molecule has 3 rings (SSSR count). The fraction of sp³-hybridized carbons (Fsp3) is 0.364.